The van der Waals surface area contributed by atoms with Crippen molar-refractivity contribution < 1.29 is 29.3 Å². The molecular weight excluding hydrogens is 264 g/mol. The fraction of sp³-hybridized carbons (Fsp3) is 0.357. The molecule has 6 nitrogen and oxygen atoms in total. The molecule has 0 aromatic heterocycles. The van der Waals surface area contributed by atoms with E-state index in [9.17, 15) is 14.4 Å². The lowest BCUT2D eigenvalue weighted by atomic mass is 10.3. The molecule has 0 spiro atoms. The molecule has 0 aliphatic heterocycles. The van der Waals surface area contributed by atoms with Gasteiger partial charge in [-0.2, -0.15) is 0 Å². The van der Waals surface area contributed by atoms with Gasteiger partial charge in [-0.25, -0.2) is 14.4 Å². The van der Waals surface area contributed by atoms with Gasteiger partial charge >= 0.3 is 17.9 Å². The number of carbonyl (C=O) groups excluding carboxylic acids is 1. The molecule has 0 amide bonds. The second-order valence-corrected chi connectivity index (χ2v) is 3.63. The zero-order valence-electron chi connectivity index (χ0n) is 12.5. The van der Waals surface area contributed by atoms with Gasteiger partial charge in [-0.05, 0) is 27.7 Å². The Kier molecular flexibility index (Phi) is 14.9. The van der Waals surface area contributed by atoms with E-state index in [0.29, 0.717) is 11.1 Å². The Morgan fingerprint density at radius 3 is 1.30 bits per heavy atom. The Morgan fingerprint density at radius 1 is 0.950 bits per heavy atom. The Morgan fingerprint density at radius 2 is 1.30 bits per heavy atom. The van der Waals surface area contributed by atoms with Crippen LogP contribution in [-0.2, 0) is 19.1 Å². The van der Waals surface area contributed by atoms with E-state index in [0.717, 1.165) is 0 Å². The molecule has 2 N–H and O–H groups in total. The standard InChI is InChI=1S/2C5H8O2.C4H6O2/c1-4(2)5(6)7-3;1-3-4(2)5(6)7;1-3(2)4(5)6/h1H2,2-3H3;3H,1-2H3,(H,6,7);1H2,2H3,(H,5,6). The molecule has 0 atom stereocenters. The normalized spacial score (nSPS) is 8.95. The van der Waals surface area contributed by atoms with Gasteiger partial charge in [0, 0.05) is 16.7 Å². The third kappa shape index (κ3) is 18.0. The highest BCUT2D eigenvalue weighted by Gasteiger charge is 1.95. The zero-order chi connectivity index (χ0) is 16.9. The molecule has 0 unspecified atom stereocenters. The first-order valence-electron chi connectivity index (χ1n) is 5.50. The predicted molar refractivity (Wildman–Crippen MR) is 76.3 cm³/mol. The number of hydrogen-bond acceptors (Lipinski definition) is 4. The Balaban J connectivity index is -0.000000218. The molecule has 114 valence electrons. The molecule has 0 aliphatic rings. The highest BCUT2D eigenvalue weighted by molar-refractivity contribution is 5.86. The molecule has 0 radical (unpaired) electrons. The molecule has 0 bridgehead atoms. The summed E-state index contributed by atoms with van der Waals surface area (Å²) in [7, 11) is 1.33. The van der Waals surface area contributed by atoms with Crippen LogP contribution in [0.3, 0.4) is 0 Å². The summed E-state index contributed by atoms with van der Waals surface area (Å²) < 4.78 is 4.27. The van der Waals surface area contributed by atoms with Gasteiger partial charge in [-0.1, -0.05) is 19.2 Å². The zero-order valence-corrected chi connectivity index (χ0v) is 12.5. The van der Waals surface area contributed by atoms with Crippen molar-refractivity contribution in [1.82, 2.24) is 0 Å². The third-order valence-electron chi connectivity index (χ3n) is 1.67. The quantitative estimate of drug-likeness (QED) is 0.610. The van der Waals surface area contributed by atoms with Crippen molar-refractivity contribution in [2.75, 3.05) is 7.11 Å². The van der Waals surface area contributed by atoms with Crippen molar-refractivity contribution in [2.45, 2.75) is 27.7 Å². The molecule has 0 fully saturated rings. The Labute approximate surface area is 119 Å². The van der Waals surface area contributed by atoms with E-state index in [2.05, 4.69) is 17.9 Å². The number of methoxy groups -OCH3 is 1. The summed E-state index contributed by atoms with van der Waals surface area (Å²) in [5.74, 6) is -2.13. The molecule has 20 heavy (non-hydrogen) atoms. The van der Waals surface area contributed by atoms with Crippen molar-refractivity contribution in [3.8, 4) is 0 Å². The summed E-state index contributed by atoms with van der Waals surface area (Å²) in [4.78, 5) is 29.7. The second-order valence-electron chi connectivity index (χ2n) is 3.63. The molecule has 6 heteroatoms. The minimum atomic E-state index is -0.935. The number of aliphatic carboxylic acids is 2. The van der Waals surface area contributed by atoms with Crippen molar-refractivity contribution in [3.63, 3.8) is 0 Å². The molecule has 0 saturated heterocycles. The molecule has 0 aromatic rings. The lowest BCUT2D eigenvalue weighted by Gasteiger charge is -1.91. The first-order chi connectivity index (χ1) is 9.00. The smallest absolute Gasteiger partial charge is 0.332 e. The number of esters is 1. The number of carboxylic acids is 2. The number of carbonyl (C=O) groups is 3. The van der Waals surface area contributed by atoms with E-state index in [1.807, 2.05) is 0 Å². The van der Waals surface area contributed by atoms with Crippen molar-refractivity contribution in [2.24, 2.45) is 0 Å². The van der Waals surface area contributed by atoms with Gasteiger partial charge in [-0.15, -0.1) is 0 Å². The van der Waals surface area contributed by atoms with Crippen molar-refractivity contribution in [1.29, 1.82) is 0 Å². The van der Waals surface area contributed by atoms with Gasteiger partial charge in [-0.3, -0.25) is 0 Å². The number of carboxylic acid groups (broad SMARTS) is 2. The molecule has 0 saturated carbocycles. The minimum absolute atomic E-state index is 0.176. The van der Waals surface area contributed by atoms with Crippen molar-refractivity contribution in [3.05, 3.63) is 36.0 Å². The van der Waals surface area contributed by atoms with Gasteiger partial charge in [0.2, 0.25) is 0 Å². The number of allylic oxidation sites excluding steroid dienone is 1. The van der Waals surface area contributed by atoms with Gasteiger partial charge in [0.05, 0.1) is 7.11 Å². The fourth-order valence-electron chi connectivity index (χ4n) is 0.298. The Hall–Kier alpha value is -2.37. The average Bonchev–Trinajstić information content (AvgIpc) is 2.37. The summed E-state index contributed by atoms with van der Waals surface area (Å²) in [6.07, 6.45) is 1.56. The van der Waals surface area contributed by atoms with Crippen LogP contribution in [-0.4, -0.2) is 35.2 Å². The highest BCUT2D eigenvalue weighted by Crippen LogP contribution is 1.88. The maximum Gasteiger partial charge on any atom is 0.332 e. The van der Waals surface area contributed by atoms with Crippen LogP contribution in [0.5, 0.6) is 0 Å². The number of ether oxygens (including phenoxy) is 1. The first kappa shape index (κ1) is 22.8. The van der Waals surface area contributed by atoms with Gasteiger partial charge in [0.1, 0.15) is 0 Å². The molecule has 0 heterocycles. The Bertz CT molecular complexity index is 392. The monoisotopic (exact) mass is 286 g/mol. The van der Waals surface area contributed by atoms with Gasteiger partial charge < -0.3 is 14.9 Å². The van der Waals surface area contributed by atoms with Gasteiger partial charge in [0.15, 0.2) is 0 Å². The van der Waals surface area contributed by atoms with E-state index in [4.69, 9.17) is 10.2 Å². The largest absolute Gasteiger partial charge is 0.478 e. The summed E-state index contributed by atoms with van der Waals surface area (Å²) in [6.45, 7) is 12.8. The van der Waals surface area contributed by atoms with E-state index < -0.39 is 11.9 Å². The van der Waals surface area contributed by atoms with Crippen LogP contribution in [0.25, 0.3) is 0 Å². The minimum Gasteiger partial charge on any atom is -0.478 e. The van der Waals surface area contributed by atoms with Crippen LogP contribution in [0.15, 0.2) is 36.0 Å². The average molecular weight is 286 g/mol. The molecule has 0 aliphatic carbocycles. The molecular formula is C14H22O6. The van der Waals surface area contributed by atoms with Crippen molar-refractivity contribution >= 4 is 17.9 Å². The molecule has 0 aromatic carbocycles. The lowest BCUT2D eigenvalue weighted by Crippen LogP contribution is -1.98. The maximum atomic E-state index is 10.2. The number of hydrogen-bond donors (Lipinski definition) is 2. The van der Waals surface area contributed by atoms with Crippen LogP contribution in [0.4, 0.5) is 0 Å². The van der Waals surface area contributed by atoms with E-state index in [1.165, 1.54) is 14.0 Å². The third-order valence-corrected chi connectivity index (χ3v) is 1.67. The van der Waals surface area contributed by atoms with E-state index in [-0.39, 0.29) is 11.5 Å². The molecule has 0 rings (SSSR count). The highest BCUT2D eigenvalue weighted by atomic mass is 16.5. The van der Waals surface area contributed by atoms with E-state index >= 15 is 0 Å². The fourth-order valence-corrected chi connectivity index (χ4v) is 0.298. The summed E-state index contributed by atoms with van der Waals surface area (Å²) in [5.41, 5.74) is 0.998. The SMILES string of the molecule is C=C(C)C(=O)O.C=C(C)C(=O)OC.CC=C(C)C(=O)O. The summed E-state index contributed by atoms with van der Waals surface area (Å²) in [5, 5.41) is 16.0. The maximum absolute atomic E-state index is 10.2. The summed E-state index contributed by atoms with van der Waals surface area (Å²) >= 11 is 0. The summed E-state index contributed by atoms with van der Waals surface area (Å²) in [6, 6.07) is 0. The predicted octanol–water partition coefficient (Wildman–Crippen LogP) is 2.42. The van der Waals surface area contributed by atoms with E-state index in [1.54, 1.807) is 26.8 Å². The van der Waals surface area contributed by atoms with Gasteiger partial charge in [0.25, 0.3) is 0 Å². The van der Waals surface area contributed by atoms with Crippen LogP contribution in [0.1, 0.15) is 27.7 Å². The topological polar surface area (TPSA) is 101 Å². The lowest BCUT2D eigenvalue weighted by molar-refractivity contribution is -0.136. The number of rotatable bonds is 3. The van der Waals surface area contributed by atoms with Crippen LogP contribution >= 0.6 is 0 Å². The first-order valence-corrected chi connectivity index (χ1v) is 5.50. The van der Waals surface area contributed by atoms with Crippen LogP contribution < -0.4 is 0 Å². The van der Waals surface area contributed by atoms with Crippen LogP contribution in [0, 0.1) is 0 Å². The van der Waals surface area contributed by atoms with Crippen LogP contribution in [0.2, 0.25) is 0 Å². The second kappa shape index (κ2) is 13.1.